The van der Waals surface area contributed by atoms with Crippen LogP contribution in [-0.4, -0.2) is 15.6 Å². The van der Waals surface area contributed by atoms with Gasteiger partial charge in [-0.25, -0.2) is 4.79 Å². The largest absolute Gasteiger partial charge is 0.480 e. The van der Waals surface area contributed by atoms with Gasteiger partial charge in [0.1, 0.15) is 6.04 Å². The van der Waals surface area contributed by atoms with Gasteiger partial charge in [-0.05, 0) is 38.0 Å². The number of fused-ring (bicyclic) bond motifs is 3. The van der Waals surface area contributed by atoms with Gasteiger partial charge in [0.15, 0.2) is 0 Å². The van der Waals surface area contributed by atoms with Crippen molar-refractivity contribution in [2.75, 3.05) is 0 Å². The molecule has 3 aromatic rings. The van der Waals surface area contributed by atoms with Gasteiger partial charge in [0.25, 0.3) is 0 Å². The first-order valence-corrected chi connectivity index (χ1v) is 6.74. The minimum Gasteiger partial charge on any atom is -0.480 e. The molecule has 0 aliphatic heterocycles. The van der Waals surface area contributed by atoms with Crippen LogP contribution in [0.25, 0.3) is 21.8 Å². The summed E-state index contributed by atoms with van der Waals surface area (Å²) in [6.45, 7) is 5.84. The van der Waals surface area contributed by atoms with E-state index in [-0.39, 0.29) is 0 Å². The molecule has 1 atom stereocenters. The number of carboxylic acid groups (broad SMARTS) is 1. The lowest BCUT2D eigenvalue weighted by atomic mass is 10.0. The number of aryl methyl sites for hydroxylation is 2. The summed E-state index contributed by atoms with van der Waals surface area (Å²) in [5.74, 6) is -0.812. The molecule has 0 amide bonds. The lowest BCUT2D eigenvalue weighted by Gasteiger charge is -2.14. The van der Waals surface area contributed by atoms with Gasteiger partial charge < -0.3 is 9.67 Å². The number of hydrogen-bond donors (Lipinski definition) is 1. The summed E-state index contributed by atoms with van der Waals surface area (Å²) < 4.78 is 1.94. The van der Waals surface area contributed by atoms with E-state index in [2.05, 4.69) is 25.1 Å². The van der Waals surface area contributed by atoms with E-state index < -0.39 is 12.0 Å². The molecule has 0 saturated heterocycles. The molecule has 1 unspecified atom stereocenters. The zero-order valence-electron chi connectivity index (χ0n) is 11.8. The summed E-state index contributed by atoms with van der Waals surface area (Å²) in [7, 11) is 0. The third-order valence-corrected chi connectivity index (χ3v) is 4.01. The number of carbonyl (C=O) groups is 1. The van der Waals surface area contributed by atoms with Crippen LogP contribution in [0.4, 0.5) is 0 Å². The van der Waals surface area contributed by atoms with Crippen molar-refractivity contribution < 1.29 is 9.90 Å². The zero-order chi connectivity index (χ0) is 14.4. The Morgan fingerprint density at radius 3 is 2.45 bits per heavy atom. The maximum atomic E-state index is 11.5. The molecular formula is C17H17NO2. The van der Waals surface area contributed by atoms with Crippen LogP contribution >= 0.6 is 0 Å². The molecule has 1 N–H and O–H groups in total. The average molecular weight is 267 g/mol. The molecule has 2 aromatic carbocycles. The summed E-state index contributed by atoms with van der Waals surface area (Å²) in [6, 6.07) is 11.6. The number of aliphatic carboxylic acids is 1. The fourth-order valence-electron chi connectivity index (χ4n) is 2.97. The Kier molecular flexibility index (Phi) is 2.78. The number of nitrogens with zero attached hydrogens (tertiary/aromatic N) is 1. The Morgan fingerprint density at radius 1 is 1.10 bits per heavy atom. The molecule has 1 heterocycles. The standard InChI is InChI=1S/C17H17NO2/c1-10-8-9-11(2)16-15(10)13-6-4-5-7-14(13)18(16)12(3)17(19)20/h4-9,12H,1-3H3,(H,19,20). The summed E-state index contributed by atoms with van der Waals surface area (Å²) in [6.07, 6.45) is 0. The van der Waals surface area contributed by atoms with Gasteiger partial charge in [0.2, 0.25) is 0 Å². The van der Waals surface area contributed by atoms with Crippen molar-refractivity contribution in [2.24, 2.45) is 0 Å². The molecule has 1 aromatic heterocycles. The normalized spacial score (nSPS) is 12.9. The predicted octanol–water partition coefficient (Wildman–Crippen LogP) is 4.06. The topological polar surface area (TPSA) is 42.2 Å². The second-order valence-electron chi connectivity index (χ2n) is 5.32. The molecule has 0 radical (unpaired) electrons. The predicted molar refractivity (Wildman–Crippen MR) is 81.3 cm³/mol. The van der Waals surface area contributed by atoms with Gasteiger partial charge in [-0.2, -0.15) is 0 Å². The second-order valence-corrected chi connectivity index (χ2v) is 5.32. The quantitative estimate of drug-likeness (QED) is 0.761. The van der Waals surface area contributed by atoms with Gasteiger partial charge in [0.05, 0.1) is 5.52 Å². The fraction of sp³-hybridized carbons (Fsp3) is 0.235. The average Bonchev–Trinajstić information content (AvgIpc) is 2.78. The van der Waals surface area contributed by atoms with Crippen molar-refractivity contribution in [1.82, 2.24) is 4.57 Å². The molecule has 3 nitrogen and oxygen atoms in total. The summed E-state index contributed by atoms with van der Waals surface area (Å²) in [4.78, 5) is 11.5. The zero-order valence-corrected chi connectivity index (χ0v) is 11.8. The van der Waals surface area contributed by atoms with Crippen LogP contribution in [0.5, 0.6) is 0 Å². The van der Waals surface area contributed by atoms with E-state index in [0.29, 0.717) is 0 Å². The molecule has 0 bridgehead atoms. The molecule has 0 saturated carbocycles. The van der Waals surface area contributed by atoms with E-state index in [0.717, 1.165) is 27.4 Å². The summed E-state index contributed by atoms with van der Waals surface area (Å²) in [5.41, 5.74) is 4.30. The highest BCUT2D eigenvalue weighted by molar-refractivity contribution is 6.11. The van der Waals surface area contributed by atoms with Crippen LogP contribution < -0.4 is 0 Å². The minimum atomic E-state index is -0.812. The van der Waals surface area contributed by atoms with Crippen LogP contribution in [0, 0.1) is 13.8 Å². The Morgan fingerprint density at radius 2 is 1.75 bits per heavy atom. The van der Waals surface area contributed by atoms with Crippen molar-refractivity contribution in [1.29, 1.82) is 0 Å². The van der Waals surface area contributed by atoms with E-state index in [9.17, 15) is 9.90 Å². The molecule has 0 fully saturated rings. The van der Waals surface area contributed by atoms with E-state index in [1.165, 1.54) is 5.56 Å². The maximum absolute atomic E-state index is 11.5. The first-order valence-electron chi connectivity index (χ1n) is 6.74. The van der Waals surface area contributed by atoms with E-state index in [4.69, 9.17) is 0 Å². The van der Waals surface area contributed by atoms with Gasteiger partial charge in [-0.3, -0.25) is 0 Å². The molecule has 0 aliphatic rings. The SMILES string of the molecule is Cc1ccc(C)c2c1c1ccccc1n2C(C)C(=O)O. The van der Waals surface area contributed by atoms with Crippen molar-refractivity contribution >= 4 is 27.8 Å². The molecule has 0 aliphatic carbocycles. The number of benzene rings is 2. The van der Waals surface area contributed by atoms with Crippen molar-refractivity contribution in [2.45, 2.75) is 26.8 Å². The van der Waals surface area contributed by atoms with Gasteiger partial charge in [-0.1, -0.05) is 30.3 Å². The third-order valence-electron chi connectivity index (χ3n) is 4.01. The Balaban J connectivity index is 2.59. The van der Waals surface area contributed by atoms with Crippen LogP contribution in [0.2, 0.25) is 0 Å². The molecule has 3 rings (SSSR count). The summed E-state index contributed by atoms with van der Waals surface area (Å²) in [5, 5.41) is 11.7. The highest BCUT2D eigenvalue weighted by atomic mass is 16.4. The monoisotopic (exact) mass is 267 g/mol. The minimum absolute atomic E-state index is 0.585. The smallest absolute Gasteiger partial charge is 0.326 e. The molecule has 102 valence electrons. The lowest BCUT2D eigenvalue weighted by Crippen LogP contribution is -2.15. The highest BCUT2D eigenvalue weighted by Crippen LogP contribution is 2.35. The van der Waals surface area contributed by atoms with Gasteiger partial charge in [-0.15, -0.1) is 0 Å². The first-order chi connectivity index (χ1) is 9.52. The van der Waals surface area contributed by atoms with Crippen LogP contribution in [0.15, 0.2) is 36.4 Å². The van der Waals surface area contributed by atoms with E-state index >= 15 is 0 Å². The number of para-hydroxylation sites is 1. The number of aromatic nitrogens is 1. The van der Waals surface area contributed by atoms with E-state index in [1.807, 2.05) is 29.7 Å². The second kappa shape index (κ2) is 4.37. The first kappa shape index (κ1) is 12.7. The summed E-state index contributed by atoms with van der Waals surface area (Å²) >= 11 is 0. The van der Waals surface area contributed by atoms with Crippen molar-refractivity contribution in [3.63, 3.8) is 0 Å². The lowest BCUT2D eigenvalue weighted by molar-refractivity contribution is -0.140. The molecule has 0 spiro atoms. The number of hydrogen-bond acceptors (Lipinski definition) is 1. The maximum Gasteiger partial charge on any atom is 0.326 e. The fourth-order valence-corrected chi connectivity index (χ4v) is 2.97. The number of rotatable bonds is 2. The van der Waals surface area contributed by atoms with Crippen molar-refractivity contribution in [3.05, 3.63) is 47.5 Å². The van der Waals surface area contributed by atoms with Gasteiger partial charge >= 0.3 is 5.97 Å². The Labute approximate surface area is 117 Å². The van der Waals surface area contributed by atoms with Crippen LogP contribution in [0.3, 0.4) is 0 Å². The third kappa shape index (κ3) is 1.63. The molecule has 20 heavy (non-hydrogen) atoms. The van der Waals surface area contributed by atoms with E-state index in [1.54, 1.807) is 6.92 Å². The molecule has 3 heteroatoms. The van der Waals surface area contributed by atoms with Crippen LogP contribution in [0.1, 0.15) is 24.1 Å². The Hall–Kier alpha value is -2.29. The van der Waals surface area contributed by atoms with Crippen LogP contribution in [-0.2, 0) is 4.79 Å². The Bertz CT molecular complexity index is 830. The molecular weight excluding hydrogens is 250 g/mol. The van der Waals surface area contributed by atoms with Crippen molar-refractivity contribution in [3.8, 4) is 0 Å². The highest BCUT2D eigenvalue weighted by Gasteiger charge is 2.21. The van der Waals surface area contributed by atoms with Gasteiger partial charge in [0, 0.05) is 16.3 Å². The number of carboxylic acids is 1.